The van der Waals surface area contributed by atoms with Crippen LogP contribution in [0.15, 0.2) is 30.5 Å². The summed E-state index contributed by atoms with van der Waals surface area (Å²) in [6.45, 7) is 5.50. The van der Waals surface area contributed by atoms with Crippen LogP contribution in [-0.4, -0.2) is 64.7 Å². The molecule has 2 heterocycles. The van der Waals surface area contributed by atoms with E-state index in [0.717, 1.165) is 43.9 Å². The number of amides is 1. The van der Waals surface area contributed by atoms with Crippen LogP contribution < -0.4 is 10.1 Å². The summed E-state index contributed by atoms with van der Waals surface area (Å²) >= 11 is 0. The molecule has 0 aliphatic carbocycles. The van der Waals surface area contributed by atoms with E-state index in [1.54, 1.807) is 11.5 Å². The predicted octanol–water partition coefficient (Wildman–Crippen LogP) is 2.30. The lowest BCUT2D eigenvalue weighted by Gasteiger charge is -2.31. The van der Waals surface area contributed by atoms with E-state index in [2.05, 4.69) is 22.2 Å². The van der Waals surface area contributed by atoms with Gasteiger partial charge in [-0.05, 0) is 47.5 Å². The average molecular weight is 446 g/mol. The fourth-order valence-electron chi connectivity index (χ4n) is 3.68. The molecular formula is C22H31N5O5. The molecule has 0 atom stereocenters. The van der Waals surface area contributed by atoms with Gasteiger partial charge in [0.15, 0.2) is 0 Å². The second-order valence-electron chi connectivity index (χ2n) is 7.94. The molecule has 0 saturated carbocycles. The molecular weight excluding hydrogens is 414 g/mol. The number of carbonyl (C=O) groups is 1. The van der Waals surface area contributed by atoms with Crippen LogP contribution in [0.2, 0.25) is 0 Å². The quantitative estimate of drug-likeness (QED) is 0.417. The topological polar surface area (TPSA) is 112 Å². The van der Waals surface area contributed by atoms with Crippen LogP contribution in [-0.2, 0) is 22.6 Å². The summed E-state index contributed by atoms with van der Waals surface area (Å²) in [6, 6.07) is 8.23. The molecule has 32 heavy (non-hydrogen) atoms. The fraction of sp³-hybridized carbons (Fsp3) is 0.545. The van der Waals surface area contributed by atoms with E-state index in [0.29, 0.717) is 31.6 Å². The molecule has 1 aliphatic heterocycles. The van der Waals surface area contributed by atoms with E-state index in [1.165, 1.54) is 6.20 Å². The Labute approximate surface area is 187 Å². The lowest BCUT2D eigenvalue weighted by atomic mass is 10.1. The monoisotopic (exact) mass is 445 g/mol. The van der Waals surface area contributed by atoms with Crippen molar-refractivity contribution in [2.45, 2.75) is 45.3 Å². The van der Waals surface area contributed by atoms with Gasteiger partial charge in [0, 0.05) is 52.2 Å². The summed E-state index contributed by atoms with van der Waals surface area (Å²) in [5.41, 5.74) is 0.947. The van der Waals surface area contributed by atoms with Crippen LogP contribution in [0.5, 0.6) is 5.75 Å². The van der Waals surface area contributed by atoms with Crippen LogP contribution in [0.3, 0.4) is 0 Å². The van der Waals surface area contributed by atoms with Gasteiger partial charge in [-0.2, -0.15) is 0 Å². The zero-order valence-electron chi connectivity index (χ0n) is 18.7. The maximum atomic E-state index is 12.2. The molecule has 2 aromatic rings. The summed E-state index contributed by atoms with van der Waals surface area (Å²) in [5.74, 6) is 0.944. The van der Waals surface area contributed by atoms with Crippen molar-refractivity contribution >= 4 is 11.7 Å². The minimum atomic E-state index is -0.540. The summed E-state index contributed by atoms with van der Waals surface area (Å²) in [4.78, 5) is 28.6. The zero-order valence-corrected chi connectivity index (χ0v) is 18.7. The van der Waals surface area contributed by atoms with Crippen LogP contribution in [0.1, 0.15) is 30.7 Å². The molecule has 0 unspecified atom stereocenters. The average Bonchev–Trinajstić information content (AvgIpc) is 3.18. The molecule has 0 radical (unpaired) electrons. The lowest BCUT2D eigenvalue weighted by molar-refractivity contribution is -0.389. The van der Waals surface area contributed by atoms with E-state index < -0.39 is 4.92 Å². The molecule has 174 valence electrons. The Morgan fingerprint density at radius 1 is 1.41 bits per heavy atom. The van der Waals surface area contributed by atoms with E-state index in [4.69, 9.17) is 9.47 Å². The fourth-order valence-corrected chi connectivity index (χ4v) is 3.68. The van der Waals surface area contributed by atoms with Gasteiger partial charge in [0.2, 0.25) is 11.7 Å². The van der Waals surface area contributed by atoms with Crippen LogP contribution in [0, 0.1) is 17.0 Å². The first-order valence-electron chi connectivity index (χ1n) is 10.9. The van der Waals surface area contributed by atoms with Crippen LogP contribution >= 0.6 is 0 Å². The number of nitrogens with one attached hydrogen (secondary N) is 1. The summed E-state index contributed by atoms with van der Waals surface area (Å²) in [5, 5.41) is 13.7. The molecule has 10 nitrogen and oxygen atoms in total. The van der Waals surface area contributed by atoms with Gasteiger partial charge in [0.05, 0.1) is 0 Å². The number of likely N-dealkylation sites (N-methyl/N-ethyl adjacent to an activating group) is 1. The number of imidazole rings is 1. The van der Waals surface area contributed by atoms with Gasteiger partial charge in [-0.3, -0.25) is 9.69 Å². The van der Waals surface area contributed by atoms with Gasteiger partial charge in [-0.1, -0.05) is 12.1 Å². The summed E-state index contributed by atoms with van der Waals surface area (Å²) in [7, 11) is 2.12. The Kier molecular flexibility index (Phi) is 8.57. The Bertz CT molecular complexity index is 910. The number of benzene rings is 1. The Balaban J connectivity index is 1.39. The summed E-state index contributed by atoms with van der Waals surface area (Å²) < 4.78 is 12.9. The zero-order chi connectivity index (χ0) is 22.9. The van der Waals surface area contributed by atoms with Gasteiger partial charge in [0.1, 0.15) is 18.6 Å². The number of nitro groups is 1. The molecule has 1 saturated heterocycles. The van der Waals surface area contributed by atoms with Crippen molar-refractivity contribution in [1.29, 1.82) is 0 Å². The van der Waals surface area contributed by atoms with Gasteiger partial charge >= 0.3 is 5.82 Å². The second kappa shape index (κ2) is 11.6. The maximum absolute atomic E-state index is 12.2. The molecule has 1 aromatic carbocycles. The van der Waals surface area contributed by atoms with Crippen molar-refractivity contribution < 1.29 is 19.2 Å². The highest BCUT2D eigenvalue weighted by Crippen LogP contribution is 2.15. The van der Waals surface area contributed by atoms with Crippen LogP contribution in [0.25, 0.3) is 0 Å². The first-order valence-corrected chi connectivity index (χ1v) is 10.9. The molecule has 1 N–H and O–H groups in total. The standard InChI is InChI=1S/C22H31N5O5/c1-17-24-21(27(29)30)16-26(17)9-6-22(28)23-15-18-4-3-5-20(14-18)32-13-10-25(2)19-7-11-31-12-8-19/h3-5,14,16,19H,6-13,15H2,1-2H3,(H,23,28). The summed E-state index contributed by atoms with van der Waals surface area (Å²) in [6.07, 6.45) is 3.68. The number of aromatic nitrogens is 2. The Hall–Kier alpha value is -2.98. The third-order valence-corrected chi connectivity index (χ3v) is 5.65. The molecule has 3 rings (SSSR count). The number of hydrogen-bond acceptors (Lipinski definition) is 7. The normalized spacial score (nSPS) is 14.5. The van der Waals surface area contributed by atoms with E-state index in [1.807, 2.05) is 24.3 Å². The van der Waals surface area contributed by atoms with Crippen LogP contribution in [0.4, 0.5) is 5.82 Å². The molecule has 1 aliphatic rings. The minimum Gasteiger partial charge on any atom is -0.492 e. The highest BCUT2D eigenvalue weighted by Gasteiger charge is 2.18. The predicted molar refractivity (Wildman–Crippen MR) is 118 cm³/mol. The van der Waals surface area contributed by atoms with E-state index in [-0.39, 0.29) is 18.1 Å². The van der Waals surface area contributed by atoms with Gasteiger partial charge < -0.3 is 29.5 Å². The molecule has 0 bridgehead atoms. The number of ether oxygens (including phenoxy) is 2. The number of nitrogens with zero attached hydrogens (tertiary/aromatic N) is 4. The third kappa shape index (κ3) is 7.03. The van der Waals surface area contributed by atoms with Crippen molar-refractivity contribution in [3.8, 4) is 5.75 Å². The Morgan fingerprint density at radius 2 is 2.19 bits per heavy atom. The molecule has 1 fully saturated rings. The van der Waals surface area contributed by atoms with Crippen molar-refractivity contribution in [3.05, 3.63) is 52.0 Å². The van der Waals surface area contributed by atoms with Crippen molar-refractivity contribution in [3.63, 3.8) is 0 Å². The molecule has 0 spiro atoms. The molecule has 10 heteroatoms. The highest BCUT2D eigenvalue weighted by molar-refractivity contribution is 5.75. The number of carbonyl (C=O) groups excluding carboxylic acids is 1. The van der Waals surface area contributed by atoms with Gasteiger partial charge in [-0.15, -0.1) is 0 Å². The second-order valence-corrected chi connectivity index (χ2v) is 7.94. The van der Waals surface area contributed by atoms with Crippen molar-refractivity contribution in [2.24, 2.45) is 0 Å². The van der Waals surface area contributed by atoms with E-state index >= 15 is 0 Å². The highest BCUT2D eigenvalue weighted by atomic mass is 16.6. The minimum absolute atomic E-state index is 0.134. The van der Waals surface area contributed by atoms with Gasteiger partial charge in [-0.25, -0.2) is 0 Å². The number of rotatable bonds is 11. The SMILES string of the molecule is Cc1nc([N+](=O)[O-])cn1CCC(=O)NCc1cccc(OCCN(C)C2CCOCC2)c1. The van der Waals surface area contributed by atoms with E-state index in [9.17, 15) is 14.9 Å². The molecule has 1 aromatic heterocycles. The van der Waals surface area contributed by atoms with Crippen molar-refractivity contribution in [2.75, 3.05) is 33.4 Å². The maximum Gasteiger partial charge on any atom is 0.381 e. The lowest BCUT2D eigenvalue weighted by Crippen LogP contribution is -2.38. The largest absolute Gasteiger partial charge is 0.492 e. The van der Waals surface area contributed by atoms with Gasteiger partial charge in [0.25, 0.3) is 0 Å². The third-order valence-electron chi connectivity index (χ3n) is 5.65. The first-order chi connectivity index (χ1) is 15.4. The number of aryl methyl sites for hydroxylation is 2. The first kappa shape index (κ1) is 23.7. The molecule has 1 amide bonds. The smallest absolute Gasteiger partial charge is 0.381 e. The van der Waals surface area contributed by atoms with Crippen molar-refractivity contribution in [1.82, 2.24) is 19.8 Å². The Morgan fingerprint density at radius 3 is 2.91 bits per heavy atom. The number of hydrogen-bond donors (Lipinski definition) is 1.